The molecule has 4 aromatic rings. The van der Waals surface area contributed by atoms with Crippen LogP contribution in [0.1, 0.15) is 5.56 Å². The number of rotatable bonds is 2. The van der Waals surface area contributed by atoms with Gasteiger partial charge in [-0.15, -0.1) is 11.3 Å². The van der Waals surface area contributed by atoms with Gasteiger partial charge in [-0.1, -0.05) is 18.2 Å². The summed E-state index contributed by atoms with van der Waals surface area (Å²) >= 11 is 1.68. The van der Waals surface area contributed by atoms with Crippen LogP contribution in [-0.4, -0.2) is 4.57 Å². The second-order valence-electron chi connectivity index (χ2n) is 4.94. The van der Waals surface area contributed by atoms with Gasteiger partial charge in [0.05, 0.1) is 12.1 Å². The molecular weight excluding hydrogens is 284 g/mol. The van der Waals surface area contributed by atoms with Crippen molar-refractivity contribution in [2.24, 2.45) is 0 Å². The Hall–Kier alpha value is -2.53. The van der Waals surface area contributed by atoms with Crippen molar-refractivity contribution in [1.82, 2.24) is 4.57 Å². The first-order chi connectivity index (χ1) is 10.2. The van der Waals surface area contributed by atoms with Crippen LogP contribution in [0.15, 0.2) is 57.1 Å². The first-order valence-electron chi connectivity index (χ1n) is 6.56. The normalized spacial score (nSPS) is 11.4. The van der Waals surface area contributed by atoms with Crippen molar-refractivity contribution in [3.8, 4) is 0 Å². The number of hydrogen-bond donors (Lipinski definition) is 1. The molecule has 2 heterocycles. The van der Waals surface area contributed by atoms with E-state index < -0.39 is 0 Å². The number of anilines is 1. The van der Waals surface area contributed by atoms with E-state index in [0.29, 0.717) is 17.8 Å². The number of fused-ring (bicyclic) bond motifs is 2. The zero-order chi connectivity index (χ0) is 14.4. The average Bonchev–Trinajstić information content (AvgIpc) is 3.01. The summed E-state index contributed by atoms with van der Waals surface area (Å²) in [6.07, 6.45) is 0. The zero-order valence-corrected chi connectivity index (χ0v) is 11.9. The van der Waals surface area contributed by atoms with E-state index in [1.165, 1.54) is 10.1 Å². The zero-order valence-electron chi connectivity index (χ0n) is 11.1. The van der Waals surface area contributed by atoms with Gasteiger partial charge in [-0.3, -0.25) is 4.57 Å². The Balaban J connectivity index is 1.88. The van der Waals surface area contributed by atoms with Gasteiger partial charge < -0.3 is 10.2 Å². The largest absolute Gasteiger partial charge is 0.420 e. The summed E-state index contributed by atoms with van der Waals surface area (Å²) in [5, 5.41) is 3.27. The predicted molar refractivity (Wildman–Crippen MR) is 85.8 cm³/mol. The maximum atomic E-state index is 12.1. The minimum atomic E-state index is -0.356. The van der Waals surface area contributed by atoms with Crippen molar-refractivity contribution in [2.45, 2.75) is 6.54 Å². The first kappa shape index (κ1) is 12.2. The molecule has 0 aliphatic carbocycles. The van der Waals surface area contributed by atoms with Gasteiger partial charge in [0, 0.05) is 16.5 Å². The quantitative estimate of drug-likeness (QED) is 0.576. The van der Waals surface area contributed by atoms with Crippen LogP contribution in [0.4, 0.5) is 5.69 Å². The summed E-state index contributed by atoms with van der Waals surface area (Å²) in [5.74, 6) is -0.356. The molecule has 4 nitrogen and oxygen atoms in total. The number of thiophene rings is 1. The van der Waals surface area contributed by atoms with Gasteiger partial charge in [-0.25, -0.2) is 4.79 Å². The van der Waals surface area contributed by atoms with Gasteiger partial charge in [0.15, 0.2) is 5.58 Å². The van der Waals surface area contributed by atoms with E-state index in [0.717, 1.165) is 11.1 Å². The third kappa shape index (κ3) is 1.94. The van der Waals surface area contributed by atoms with Crippen LogP contribution in [0.3, 0.4) is 0 Å². The lowest BCUT2D eigenvalue weighted by molar-refractivity contribution is 0.518. The van der Waals surface area contributed by atoms with E-state index in [9.17, 15) is 4.79 Å². The summed E-state index contributed by atoms with van der Waals surface area (Å²) in [5.41, 5.74) is 8.73. The van der Waals surface area contributed by atoms with Crippen molar-refractivity contribution in [2.75, 3.05) is 5.73 Å². The molecule has 2 aromatic heterocycles. The summed E-state index contributed by atoms with van der Waals surface area (Å²) in [6.45, 7) is 0.500. The molecule has 0 aliphatic heterocycles. The van der Waals surface area contributed by atoms with Crippen LogP contribution in [0.25, 0.3) is 21.2 Å². The van der Waals surface area contributed by atoms with Crippen molar-refractivity contribution in [3.63, 3.8) is 0 Å². The minimum absolute atomic E-state index is 0.356. The van der Waals surface area contributed by atoms with Crippen LogP contribution < -0.4 is 11.5 Å². The lowest BCUT2D eigenvalue weighted by Crippen LogP contribution is -2.14. The highest BCUT2D eigenvalue weighted by molar-refractivity contribution is 7.17. The Morgan fingerprint density at radius 2 is 2.05 bits per heavy atom. The van der Waals surface area contributed by atoms with E-state index in [2.05, 4.69) is 17.5 Å². The minimum Gasteiger partial charge on any atom is -0.408 e. The summed E-state index contributed by atoms with van der Waals surface area (Å²) in [7, 11) is 0. The maximum Gasteiger partial charge on any atom is 0.420 e. The van der Waals surface area contributed by atoms with Crippen LogP contribution in [0.2, 0.25) is 0 Å². The Morgan fingerprint density at radius 3 is 2.95 bits per heavy atom. The standard InChI is InChI=1S/C16H12N2O2S/c17-11-5-6-13-14(7-11)20-16(19)18(13)8-10-9-21-15-4-2-1-3-12(10)15/h1-7,9H,8,17H2. The molecule has 0 unspecified atom stereocenters. The summed E-state index contributed by atoms with van der Waals surface area (Å²) in [6, 6.07) is 13.5. The molecule has 0 atom stereocenters. The summed E-state index contributed by atoms with van der Waals surface area (Å²) in [4.78, 5) is 12.1. The van der Waals surface area contributed by atoms with Gasteiger partial charge in [-0.2, -0.15) is 0 Å². The molecule has 0 amide bonds. The first-order valence-corrected chi connectivity index (χ1v) is 7.44. The number of nitrogens with two attached hydrogens (primary N) is 1. The highest BCUT2D eigenvalue weighted by Crippen LogP contribution is 2.27. The molecule has 0 saturated carbocycles. The third-order valence-electron chi connectivity index (χ3n) is 3.58. The monoisotopic (exact) mass is 296 g/mol. The second kappa shape index (κ2) is 4.49. The summed E-state index contributed by atoms with van der Waals surface area (Å²) < 4.78 is 8.13. The van der Waals surface area contributed by atoms with Crippen molar-refractivity contribution in [3.05, 3.63) is 64.0 Å². The molecular formula is C16H12N2O2S. The van der Waals surface area contributed by atoms with Gasteiger partial charge in [0.2, 0.25) is 0 Å². The molecule has 2 N–H and O–H groups in total. The van der Waals surface area contributed by atoms with Crippen LogP contribution in [0.5, 0.6) is 0 Å². The molecule has 2 aromatic carbocycles. The smallest absolute Gasteiger partial charge is 0.408 e. The van der Waals surface area contributed by atoms with Gasteiger partial charge >= 0.3 is 5.76 Å². The number of oxazole rings is 1. The fourth-order valence-electron chi connectivity index (χ4n) is 2.56. The molecule has 5 heteroatoms. The Morgan fingerprint density at radius 1 is 1.19 bits per heavy atom. The second-order valence-corrected chi connectivity index (χ2v) is 5.85. The third-order valence-corrected chi connectivity index (χ3v) is 4.59. The number of aromatic nitrogens is 1. The number of nitrogen functional groups attached to an aromatic ring is 1. The van der Waals surface area contributed by atoms with Crippen LogP contribution >= 0.6 is 11.3 Å². The van der Waals surface area contributed by atoms with Gasteiger partial charge in [-0.05, 0) is 34.5 Å². The lowest BCUT2D eigenvalue weighted by Gasteiger charge is -2.01. The fourth-order valence-corrected chi connectivity index (χ4v) is 3.51. The van der Waals surface area contributed by atoms with Gasteiger partial charge in [0.25, 0.3) is 0 Å². The molecule has 21 heavy (non-hydrogen) atoms. The molecule has 0 saturated heterocycles. The van der Waals surface area contributed by atoms with Crippen molar-refractivity contribution in [1.29, 1.82) is 0 Å². The Labute approximate surface area is 124 Å². The Bertz CT molecular complexity index is 1010. The van der Waals surface area contributed by atoms with E-state index in [4.69, 9.17) is 10.2 Å². The fraction of sp³-hybridized carbons (Fsp3) is 0.0625. The van der Waals surface area contributed by atoms with E-state index in [1.54, 1.807) is 28.0 Å². The number of hydrogen-bond acceptors (Lipinski definition) is 4. The highest BCUT2D eigenvalue weighted by Gasteiger charge is 2.12. The predicted octanol–water partition coefficient (Wildman–Crippen LogP) is 3.44. The lowest BCUT2D eigenvalue weighted by atomic mass is 10.2. The highest BCUT2D eigenvalue weighted by atomic mass is 32.1. The molecule has 0 spiro atoms. The average molecular weight is 296 g/mol. The van der Waals surface area contributed by atoms with Crippen LogP contribution in [-0.2, 0) is 6.54 Å². The molecule has 104 valence electrons. The van der Waals surface area contributed by atoms with E-state index in [-0.39, 0.29) is 5.76 Å². The van der Waals surface area contributed by atoms with E-state index in [1.807, 2.05) is 18.2 Å². The molecule has 0 bridgehead atoms. The Kier molecular flexibility index (Phi) is 2.62. The molecule has 0 radical (unpaired) electrons. The van der Waals surface area contributed by atoms with Gasteiger partial charge in [0.1, 0.15) is 0 Å². The number of benzene rings is 2. The molecule has 0 fully saturated rings. The molecule has 0 aliphatic rings. The number of nitrogens with zero attached hydrogens (tertiary/aromatic N) is 1. The van der Waals surface area contributed by atoms with Crippen molar-refractivity contribution < 1.29 is 4.42 Å². The maximum absolute atomic E-state index is 12.1. The molecule has 4 rings (SSSR count). The SMILES string of the molecule is Nc1ccc2c(c1)oc(=O)n2Cc1csc2ccccc12. The van der Waals surface area contributed by atoms with Crippen LogP contribution in [0, 0.1) is 0 Å². The van der Waals surface area contributed by atoms with Crippen molar-refractivity contribution >= 4 is 38.2 Å². The van der Waals surface area contributed by atoms with E-state index >= 15 is 0 Å². The topological polar surface area (TPSA) is 61.2 Å².